The van der Waals surface area contributed by atoms with Gasteiger partial charge in [-0.3, -0.25) is 9.40 Å². The molecule has 1 aromatic carbocycles. The lowest BCUT2D eigenvalue weighted by Crippen LogP contribution is -2.14. The summed E-state index contributed by atoms with van der Waals surface area (Å²) in [4.78, 5) is 0. The van der Waals surface area contributed by atoms with E-state index in [1.165, 1.54) is 34.7 Å². The largest absolute Gasteiger partial charge is 0.347 e. The zero-order valence-electron chi connectivity index (χ0n) is 17.4. The highest BCUT2D eigenvalue weighted by Gasteiger charge is 2.23. The molecule has 0 aliphatic heterocycles. The molecule has 0 spiro atoms. The molecule has 29 heavy (non-hydrogen) atoms. The second kappa shape index (κ2) is 7.76. The van der Waals surface area contributed by atoms with Crippen LogP contribution in [0.1, 0.15) is 51.2 Å². The molecule has 4 rings (SSSR count). The quantitative estimate of drug-likeness (QED) is 0.483. The number of aryl methyl sites for hydroxylation is 1. The normalized spacial score (nSPS) is 15.0. The molecule has 2 heterocycles. The zero-order valence-corrected chi connectivity index (χ0v) is 18.2. The average Bonchev–Trinajstić information content (AvgIpc) is 3.29. The fourth-order valence-corrected chi connectivity index (χ4v) is 4.54. The Kier molecular flexibility index (Phi) is 5.46. The van der Waals surface area contributed by atoms with Crippen molar-refractivity contribution in [1.82, 2.24) is 19.1 Å². The van der Waals surface area contributed by atoms with Crippen molar-refractivity contribution in [1.29, 1.82) is 0 Å². The summed E-state index contributed by atoms with van der Waals surface area (Å²) >= 11 is 1.82. The number of benzene rings is 1. The number of nitrogens with zero attached hydrogens (tertiary/aromatic N) is 3. The Hall–Kier alpha value is -1.86. The molecule has 2 aromatic heterocycles. The van der Waals surface area contributed by atoms with Crippen molar-refractivity contribution >= 4 is 22.9 Å². The third-order valence-electron chi connectivity index (χ3n) is 5.12. The topological polar surface area (TPSA) is 34.8 Å². The number of nitrogens with one attached hydrogen (secondary N) is 1. The van der Waals surface area contributed by atoms with Gasteiger partial charge < -0.3 is 4.57 Å². The van der Waals surface area contributed by atoms with Crippen LogP contribution in [-0.2, 0) is 20.1 Å². The molecule has 156 valence electrons. The van der Waals surface area contributed by atoms with Gasteiger partial charge in [-0.05, 0) is 29.9 Å². The predicted molar refractivity (Wildman–Crippen MR) is 116 cm³/mol. The second-order valence-electron chi connectivity index (χ2n) is 9.09. The van der Waals surface area contributed by atoms with Crippen LogP contribution in [0.2, 0.25) is 0 Å². The molecule has 1 saturated carbocycles. The van der Waals surface area contributed by atoms with Crippen molar-refractivity contribution in [3.05, 3.63) is 41.7 Å². The highest BCUT2D eigenvalue weighted by Crippen LogP contribution is 2.35. The Morgan fingerprint density at radius 2 is 2.03 bits per heavy atom. The van der Waals surface area contributed by atoms with Gasteiger partial charge in [-0.25, -0.2) is 8.78 Å². The summed E-state index contributed by atoms with van der Waals surface area (Å²) in [5.74, 6) is 0. The van der Waals surface area contributed by atoms with E-state index >= 15 is 0 Å². The van der Waals surface area contributed by atoms with E-state index in [1.807, 2.05) is 24.1 Å². The van der Waals surface area contributed by atoms with Crippen molar-refractivity contribution in [2.24, 2.45) is 12.5 Å². The van der Waals surface area contributed by atoms with Crippen LogP contribution < -0.4 is 4.72 Å². The van der Waals surface area contributed by atoms with Crippen LogP contribution in [0.5, 0.6) is 0 Å². The smallest absolute Gasteiger partial charge is 0.267 e. The van der Waals surface area contributed by atoms with Crippen LogP contribution in [0.25, 0.3) is 22.2 Å². The fourth-order valence-electron chi connectivity index (χ4n) is 3.69. The molecule has 3 aromatic rings. The first kappa shape index (κ1) is 20.4. The Balaban J connectivity index is 1.75. The molecule has 4 nitrogen and oxygen atoms in total. The second-order valence-corrected chi connectivity index (χ2v) is 10.3. The summed E-state index contributed by atoms with van der Waals surface area (Å²) in [5, 5.41) is 5.98. The van der Waals surface area contributed by atoms with Crippen LogP contribution in [0.15, 0.2) is 30.6 Å². The summed E-state index contributed by atoms with van der Waals surface area (Å²) in [6, 6.07) is 6.02. The molecule has 0 amide bonds. The lowest BCUT2D eigenvalue weighted by atomic mass is 9.97. The minimum atomic E-state index is -2.55. The summed E-state index contributed by atoms with van der Waals surface area (Å²) < 4.78 is 34.3. The van der Waals surface area contributed by atoms with E-state index in [0.29, 0.717) is 5.69 Å². The maximum atomic E-state index is 13.5. The van der Waals surface area contributed by atoms with E-state index in [9.17, 15) is 8.78 Å². The number of fused-ring (bicyclic) bond motifs is 1. The summed E-state index contributed by atoms with van der Waals surface area (Å²) in [7, 11) is 1.71. The Morgan fingerprint density at radius 3 is 2.69 bits per heavy atom. The summed E-state index contributed by atoms with van der Waals surface area (Å²) in [6.07, 6.45) is 3.52. The SMILES string of the molecule is Cn1ncc(C(F)F)c1-c1ccc2c(CNSC3CC3)cn(CC(C)(C)C)c2c1. The summed E-state index contributed by atoms with van der Waals surface area (Å²) in [6.45, 7) is 8.27. The lowest BCUT2D eigenvalue weighted by molar-refractivity contribution is 0.152. The standard InChI is InChI=1S/C22H28F2N4S/c1-22(2,3)13-28-12-15(10-26-29-16-6-7-16)17-8-5-14(9-19(17)28)20-18(21(23)24)11-25-27(20)4/h5,8-9,11-12,16,21,26H,6-7,10,13H2,1-4H3. The van der Waals surface area contributed by atoms with Crippen molar-refractivity contribution in [3.8, 4) is 11.3 Å². The van der Waals surface area contributed by atoms with Gasteiger partial charge in [0.2, 0.25) is 0 Å². The molecule has 1 aliphatic carbocycles. The first-order valence-electron chi connectivity index (χ1n) is 10.0. The van der Waals surface area contributed by atoms with E-state index in [2.05, 4.69) is 47.4 Å². The van der Waals surface area contributed by atoms with Crippen LogP contribution in [0.3, 0.4) is 0 Å². The van der Waals surface area contributed by atoms with Crippen LogP contribution in [-0.4, -0.2) is 19.6 Å². The van der Waals surface area contributed by atoms with Gasteiger partial charge in [-0.1, -0.05) is 44.9 Å². The Labute approximate surface area is 174 Å². The zero-order chi connectivity index (χ0) is 20.8. The first-order chi connectivity index (χ1) is 13.7. The molecular weight excluding hydrogens is 390 g/mol. The molecule has 1 aliphatic rings. The molecule has 0 bridgehead atoms. The molecule has 0 saturated heterocycles. The monoisotopic (exact) mass is 418 g/mol. The molecule has 7 heteroatoms. The van der Waals surface area contributed by atoms with Gasteiger partial charge in [0.15, 0.2) is 0 Å². The van der Waals surface area contributed by atoms with Gasteiger partial charge in [0.1, 0.15) is 0 Å². The minimum absolute atomic E-state index is 0.0245. The third-order valence-corrected chi connectivity index (χ3v) is 6.24. The van der Waals surface area contributed by atoms with E-state index in [1.54, 1.807) is 7.05 Å². The van der Waals surface area contributed by atoms with Gasteiger partial charge in [0, 0.05) is 48.1 Å². The highest BCUT2D eigenvalue weighted by molar-refractivity contribution is 7.98. The fraction of sp³-hybridized carbons (Fsp3) is 0.500. The van der Waals surface area contributed by atoms with E-state index in [4.69, 9.17) is 0 Å². The molecular formula is C22H28F2N4S. The van der Waals surface area contributed by atoms with E-state index in [0.717, 1.165) is 29.4 Å². The van der Waals surface area contributed by atoms with E-state index in [-0.39, 0.29) is 11.0 Å². The van der Waals surface area contributed by atoms with Crippen molar-refractivity contribution in [2.45, 2.75) is 58.4 Å². The first-order valence-corrected chi connectivity index (χ1v) is 10.9. The molecule has 0 unspecified atom stereocenters. The third kappa shape index (κ3) is 4.51. The number of halogens is 2. The van der Waals surface area contributed by atoms with Gasteiger partial charge in [0.25, 0.3) is 6.43 Å². The molecule has 0 radical (unpaired) electrons. The van der Waals surface area contributed by atoms with Gasteiger partial charge in [0.05, 0.1) is 17.5 Å². The van der Waals surface area contributed by atoms with Gasteiger partial charge in [-0.2, -0.15) is 5.10 Å². The number of rotatable bonds is 7. The number of aromatic nitrogens is 3. The van der Waals surface area contributed by atoms with Gasteiger partial charge in [-0.15, -0.1) is 0 Å². The molecule has 0 atom stereocenters. The van der Waals surface area contributed by atoms with Crippen LogP contribution >= 0.6 is 11.9 Å². The van der Waals surface area contributed by atoms with E-state index < -0.39 is 6.43 Å². The molecule has 1 N–H and O–H groups in total. The maximum Gasteiger partial charge on any atom is 0.267 e. The number of alkyl halides is 2. The van der Waals surface area contributed by atoms with Crippen LogP contribution in [0.4, 0.5) is 8.78 Å². The van der Waals surface area contributed by atoms with Crippen molar-refractivity contribution < 1.29 is 8.78 Å². The Bertz CT molecular complexity index is 1010. The van der Waals surface area contributed by atoms with Crippen LogP contribution in [0, 0.1) is 5.41 Å². The number of hydrogen-bond acceptors (Lipinski definition) is 3. The number of hydrogen-bond donors (Lipinski definition) is 1. The average molecular weight is 419 g/mol. The maximum absolute atomic E-state index is 13.5. The van der Waals surface area contributed by atoms with Gasteiger partial charge >= 0.3 is 0 Å². The van der Waals surface area contributed by atoms with Crippen molar-refractivity contribution in [2.75, 3.05) is 0 Å². The minimum Gasteiger partial charge on any atom is -0.347 e. The van der Waals surface area contributed by atoms with Crippen molar-refractivity contribution in [3.63, 3.8) is 0 Å². The highest BCUT2D eigenvalue weighted by atomic mass is 32.2. The predicted octanol–water partition coefficient (Wildman–Crippen LogP) is 5.93. The molecule has 1 fully saturated rings. The Morgan fingerprint density at radius 1 is 1.28 bits per heavy atom. The summed E-state index contributed by atoms with van der Waals surface area (Å²) in [5.41, 5.74) is 3.65. The lowest BCUT2D eigenvalue weighted by Gasteiger charge is -2.20.